The number of hydrogen-bond donors (Lipinski definition) is 3. The van der Waals surface area contributed by atoms with Crippen LogP contribution in [0.1, 0.15) is 49.7 Å². The number of benzene rings is 2. The zero-order valence-electron chi connectivity index (χ0n) is 17.6. The fraction of sp³-hybridized carbons (Fsp3) is 0.375. The molecule has 1 aliphatic rings. The van der Waals surface area contributed by atoms with Gasteiger partial charge >= 0.3 is 12.1 Å². The zero-order chi connectivity index (χ0) is 22.2. The third kappa shape index (κ3) is 6.07. The van der Waals surface area contributed by atoms with Crippen LogP contribution < -0.4 is 10.6 Å². The van der Waals surface area contributed by atoms with Crippen molar-refractivity contribution < 1.29 is 24.2 Å². The number of amides is 2. The molecule has 0 aromatic heterocycles. The molecule has 3 rings (SSSR count). The number of carboxylic acid groups (broad SMARTS) is 1. The number of carbonyl (C=O) groups is 3. The van der Waals surface area contributed by atoms with Crippen LogP contribution in [0.5, 0.6) is 0 Å². The van der Waals surface area contributed by atoms with Crippen molar-refractivity contribution in [2.75, 3.05) is 13.2 Å². The van der Waals surface area contributed by atoms with Gasteiger partial charge < -0.3 is 20.5 Å². The Hall–Kier alpha value is -3.35. The molecular weight excluding hydrogens is 396 g/mol. The lowest BCUT2D eigenvalue weighted by atomic mass is 9.98. The number of ether oxygens (including phenoxy) is 1. The number of fused-ring (bicyclic) bond motifs is 3. The first-order chi connectivity index (χ1) is 15.0. The molecule has 2 amide bonds. The van der Waals surface area contributed by atoms with E-state index in [2.05, 4.69) is 34.9 Å². The summed E-state index contributed by atoms with van der Waals surface area (Å²) in [5.74, 6) is -1.11. The maximum atomic E-state index is 12.1. The van der Waals surface area contributed by atoms with Crippen LogP contribution in [0.3, 0.4) is 0 Å². The summed E-state index contributed by atoms with van der Waals surface area (Å²) in [6.07, 6.45) is 0.937. The standard InChI is InChI=1S/C24H28N2O5/c1-16(14-23(28)29)26-22(27)12-6-7-13-25-24(30)31-15-21-19-10-4-2-8-17(19)18-9-3-5-11-20(18)21/h2-5,8-11,16,21H,6-7,12-15H2,1H3,(H,25,30)(H,26,27)(H,28,29). The van der Waals surface area contributed by atoms with Gasteiger partial charge in [-0.1, -0.05) is 48.5 Å². The second-order valence-electron chi connectivity index (χ2n) is 7.78. The molecule has 0 spiro atoms. The van der Waals surface area contributed by atoms with Gasteiger partial charge in [0.1, 0.15) is 6.61 Å². The first kappa shape index (κ1) is 22.3. The van der Waals surface area contributed by atoms with E-state index in [-0.39, 0.29) is 31.3 Å². The van der Waals surface area contributed by atoms with E-state index >= 15 is 0 Å². The topological polar surface area (TPSA) is 105 Å². The molecule has 0 radical (unpaired) electrons. The first-order valence-corrected chi connectivity index (χ1v) is 10.6. The van der Waals surface area contributed by atoms with Crippen LogP contribution in [0.25, 0.3) is 11.1 Å². The van der Waals surface area contributed by atoms with Gasteiger partial charge in [-0.2, -0.15) is 0 Å². The van der Waals surface area contributed by atoms with Crippen molar-refractivity contribution in [3.05, 3.63) is 59.7 Å². The van der Waals surface area contributed by atoms with Crippen molar-refractivity contribution in [2.45, 2.75) is 44.6 Å². The van der Waals surface area contributed by atoms with E-state index in [1.54, 1.807) is 6.92 Å². The van der Waals surface area contributed by atoms with Crippen LogP contribution in [-0.4, -0.2) is 42.3 Å². The van der Waals surface area contributed by atoms with Gasteiger partial charge in [0.2, 0.25) is 5.91 Å². The van der Waals surface area contributed by atoms with Crippen LogP contribution in [-0.2, 0) is 14.3 Å². The number of alkyl carbamates (subject to hydrolysis) is 1. The number of aliphatic carboxylic acids is 1. The Kier molecular flexibility index (Phi) is 7.65. The smallest absolute Gasteiger partial charge is 0.407 e. The van der Waals surface area contributed by atoms with Gasteiger partial charge in [-0.25, -0.2) is 4.79 Å². The van der Waals surface area contributed by atoms with E-state index in [1.807, 2.05) is 24.3 Å². The first-order valence-electron chi connectivity index (χ1n) is 10.6. The average molecular weight is 424 g/mol. The van der Waals surface area contributed by atoms with Crippen LogP contribution in [0, 0.1) is 0 Å². The average Bonchev–Trinajstić information content (AvgIpc) is 3.05. The highest BCUT2D eigenvalue weighted by molar-refractivity contribution is 5.79. The monoisotopic (exact) mass is 424 g/mol. The summed E-state index contributed by atoms with van der Waals surface area (Å²) in [7, 11) is 0. The molecule has 0 aliphatic heterocycles. The third-order valence-corrected chi connectivity index (χ3v) is 5.33. The Balaban J connectivity index is 1.37. The van der Waals surface area contributed by atoms with E-state index in [0.29, 0.717) is 19.4 Å². The molecule has 1 aliphatic carbocycles. The SMILES string of the molecule is CC(CC(=O)O)NC(=O)CCCCNC(=O)OCC1c2ccccc2-c2ccccc21. The minimum absolute atomic E-state index is 0.0228. The second kappa shape index (κ2) is 10.6. The van der Waals surface area contributed by atoms with Gasteiger partial charge in [0.25, 0.3) is 0 Å². The molecule has 164 valence electrons. The van der Waals surface area contributed by atoms with Crippen molar-refractivity contribution in [1.82, 2.24) is 10.6 Å². The maximum absolute atomic E-state index is 12.1. The number of hydrogen-bond acceptors (Lipinski definition) is 4. The van der Waals surface area contributed by atoms with Crippen molar-refractivity contribution in [2.24, 2.45) is 0 Å². The van der Waals surface area contributed by atoms with Gasteiger partial charge in [0, 0.05) is 24.9 Å². The van der Waals surface area contributed by atoms with Crippen LogP contribution in [0.2, 0.25) is 0 Å². The summed E-state index contributed by atoms with van der Waals surface area (Å²) in [4.78, 5) is 34.5. The number of carboxylic acids is 1. The van der Waals surface area contributed by atoms with E-state index in [4.69, 9.17) is 9.84 Å². The highest BCUT2D eigenvalue weighted by Gasteiger charge is 2.28. The molecule has 2 aromatic carbocycles. The summed E-state index contributed by atoms with van der Waals surface area (Å²) in [5.41, 5.74) is 4.70. The molecule has 0 saturated heterocycles. The van der Waals surface area contributed by atoms with E-state index in [9.17, 15) is 14.4 Å². The predicted octanol–water partition coefficient (Wildman–Crippen LogP) is 3.67. The third-order valence-electron chi connectivity index (χ3n) is 5.33. The Morgan fingerprint density at radius 2 is 1.61 bits per heavy atom. The molecular formula is C24H28N2O5. The summed E-state index contributed by atoms with van der Waals surface area (Å²) in [5, 5.41) is 14.1. The quantitative estimate of drug-likeness (QED) is 0.505. The molecule has 0 saturated carbocycles. The van der Waals surface area contributed by atoms with Crippen molar-refractivity contribution in [1.29, 1.82) is 0 Å². The Labute approximate surface area is 181 Å². The van der Waals surface area contributed by atoms with Crippen LogP contribution >= 0.6 is 0 Å². The molecule has 7 heteroatoms. The molecule has 7 nitrogen and oxygen atoms in total. The molecule has 1 unspecified atom stereocenters. The summed E-state index contributed by atoms with van der Waals surface area (Å²) in [6.45, 7) is 2.34. The zero-order valence-corrected chi connectivity index (χ0v) is 17.6. The molecule has 2 aromatic rings. The molecule has 3 N–H and O–H groups in total. The molecule has 0 bridgehead atoms. The van der Waals surface area contributed by atoms with Crippen molar-refractivity contribution in [3.63, 3.8) is 0 Å². The van der Waals surface area contributed by atoms with E-state index in [0.717, 1.165) is 0 Å². The van der Waals surface area contributed by atoms with Gasteiger partial charge in [-0.3, -0.25) is 9.59 Å². The minimum atomic E-state index is -0.944. The van der Waals surface area contributed by atoms with Gasteiger partial charge in [-0.05, 0) is 42.0 Å². The molecule has 31 heavy (non-hydrogen) atoms. The van der Waals surface area contributed by atoms with E-state index in [1.165, 1.54) is 22.3 Å². The van der Waals surface area contributed by atoms with Crippen LogP contribution in [0.15, 0.2) is 48.5 Å². The summed E-state index contributed by atoms with van der Waals surface area (Å²) in [6, 6.07) is 15.9. The Morgan fingerprint density at radius 1 is 1.00 bits per heavy atom. The normalized spacial score (nSPS) is 13.1. The van der Waals surface area contributed by atoms with Crippen LogP contribution in [0.4, 0.5) is 4.79 Å². The lowest BCUT2D eigenvalue weighted by Gasteiger charge is -2.14. The number of rotatable bonds is 10. The molecule has 0 heterocycles. The minimum Gasteiger partial charge on any atom is -0.481 e. The predicted molar refractivity (Wildman–Crippen MR) is 117 cm³/mol. The van der Waals surface area contributed by atoms with Crippen molar-refractivity contribution >= 4 is 18.0 Å². The van der Waals surface area contributed by atoms with E-state index < -0.39 is 18.1 Å². The number of unbranched alkanes of at least 4 members (excludes halogenated alkanes) is 1. The van der Waals surface area contributed by atoms with Gasteiger partial charge in [0.15, 0.2) is 0 Å². The fourth-order valence-corrected chi connectivity index (χ4v) is 3.91. The van der Waals surface area contributed by atoms with Gasteiger partial charge in [-0.15, -0.1) is 0 Å². The fourth-order valence-electron chi connectivity index (χ4n) is 3.91. The lowest BCUT2D eigenvalue weighted by molar-refractivity contribution is -0.137. The van der Waals surface area contributed by atoms with Crippen molar-refractivity contribution in [3.8, 4) is 11.1 Å². The maximum Gasteiger partial charge on any atom is 0.407 e. The molecule has 0 fully saturated rings. The highest BCUT2D eigenvalue weighted by Crippen LogP contribution is 2.44. The molecule has 1 atom stereocenters. The summed E-state index contributed by atoms with van der Waals surface area (Å²) < 4.78 is 5.47. The highest BCUT2D eigenvalue weighted by atomic mass is 16.5. The number of nitrogens with one attached hydrogen (secondary N) is 2. The summed E-state index contributed by atoms with van der Waals surface area (Å²) >= 11 is 0. The number of carbonyl (C=O) groups excluding carboxylic acids is 2. The van der Waals surface area contributed by atoms with Gasteiger partial charge in [0.05, 0.1) is 6.42 Å². The largest absolute Gasteiger partial charge is 0.481 e. The Morgan fingerprint density at radius 3 is 2.23 bits per heavy atom. The second-order valence-corrected chi connectivity index (χ2v) is 7.78. The Bertz CT molecular complexity index is 898. The lowest BCUT2D eigenvalue weighted by Crippen LogP contribution is -2.34.